The summed E-state index contributed by atoms with van der Waals surface area (Å²) < 4.78 is 6.23. The van der Waals surface area contributed by atoms with E-state index in [1.165, 1.54) is 42.5 Å². The molecule has 1 N–H and O–H groups in total. The van der Waals surface area contributed by atoms with E-state index in [0.29, 0.717) is 5.88 Å². The van der Waals surface area contributed by atoms with Gasteiger partial charge >= 0.3 is 0 Å². The SMILES string of the molecule is CCCc1ccc(CC(Nc2ccc(-c3nccnc3OC(C)c3ccccc3)cc2)=C2CCC2)cc1. The molecule has 0 bridgehead atoms. The summed E-state index contributed by atoms with van der Waals surface area (Å²) in [6.45, 7) is 4.26. The van der Waals surface area contributed by atoms with E-state index in [2.05, 4.69) is 82.9 Å². The van der Waals surface area contributed by atoms with Crippen molar-refractivity contribution in [2.45, 2.75) is 58.5 Å². The van der Waals surface area contributed by atoms with Gasteiger partial charge in [-0.05, 0) is 61.4 Å². The van der Waals surface area contributed by atoms with Gasteiger partial charge in [0.25, 0.3) is 0 Å². The highest BCUT2D eigenvalue weighted by Crippen LogP contribution is 2.33. The number of anilines is 1. The molecule has 0 amide bonds. The summed E-state index contributed by atoms with van der Waals surface area (Å²) in [5, 5.41) is 3.73. The van der Waals surface area contributed by atoms with Gasteiger partial charge in [-0.3, -0.25) is 0 Å². The van der Waals surface area contributed by atoms with Crippen LogP contribution in [-0.4, -0.2) is 9.97 Å². The lowest BCUT2D eigenvalue weighted by Gasteiger charge is -2.24. The predicted molar refractivity (Wildman–Crippen MR) is 152 cm³/mol. The van der Waals surface area contributed by atoms with E-state index in [0.717, 1.165) is 35.3 Å². The first-order valence-electron chi connectivity index (χ1n) is 13.4. The fraction of sp³-hybridized carbons (Fsp3) is 0.273. The maximum absolute atomic E-state index is 6.23. The zero-order valence-corrected chi connectivity index (χ0v) is 21.8. The highest BCUT2D eigenvalue weighted by Gasteiger charge is 2.17. The molecule has 0 aliphatic heterocycles. The van der Waals surface area contributed by atoms with Crippen LogP contribution in [0.15, 0.2) is 103 Å². The maximum Gasteiger partial charge on any atom is 0.241 e. The molecule has 1 fully saturated rings. The van der Waals surface area contributed by atoms with Crippen molar-refractivity contribution in [3.8, 4) is 17.1 Å². The van der Waals surface area contributed by atoms with Gasteiger partial charge < -0.3 is 10.1 Å². The number of benzene rings is 3. The van der Waals surface area contributed by atoms with E-state index in [1.54, 1.807) is 18.0 Å². The first-order valence-corrected chi connectivity index (χ1v) is 13.4. The van der Waals surface area contributed by atoms with Crippen LogP contribution in [0.5, 0.6) is 5.88 Å². The number of rotatable bonds is 10. The lowest BCUT2D eigenvalue weighted by atomic mass is 9.88. The van der Waals surface area contributed by atoms with Gasteiger partial charge in [0.05, 0.1) is 0 Å². The lowest BCUT2D eigenvalue weighted by Crippen LogP contribution is -2.12. The smallest absolute Gasteiger partial charge is 0.241 e. The quantitative estimate of drug-likeness (QED) is 0.243. The Bertz CT molecular complexity index is 1320. The minimum Gasteiger partial charge on any atom is -0.468 e. The van der Waals surface area contributed by atoms with Crippen LogP contribution < -0.4 is 10.1 Å². The molecule has 0 saturated heterocycles. The number of aryl methyl sites for hydroxylation is 1. The third-order valence-electron chi connectivity index (χ3n) is 7.00. The lowest BCUT2D eigenvalue weighted by molar-refractivity contribution is 0.218. The van der Waals surface area contributed by atoms with Crippen molar-refractivity contribution < 1.29 is 4.74 Å². The number of aromatic nitrogens is 2. The average molecular weight is 490 g/mol. The zero-order valence-electron chi connectivity index (χ0n) is 21.8. The highest BCUT2D eigenvalue weighted by atomic mass is 16.5. The molecule has 1 aliphatic rings. The van der Waals surface area contributed by atoms with Crippen LogP contribution in [0, 0.1) is 0 Å². The van der Waals surface area contributed by atoms with E-state index in [1.807, 2.05) is 25.1 Å². The van der Waals surface area contributed by atoms with Gasteiger partial charge in [-0.1, -0.05) is 85.6 Å². The minimum atomic E-state index is -0.120. The number of hydrogen-bond donors (Lipinski definition) is 1. The van der Waals surface area contributed by atoms with Crippen molar-refractivity contribution in [3.05, 3.63) is 119 Å². The molecular weight excluding hydrogens is 454 g/mol. The zero-order chi connectivity index (χ0) is 25.5. The summed E-state index contributed by atoms with van der Waals surface area (Å²) in [6, 6.07) is 27.7. The van der Waals surface area contributed by atoms with Crippen LogP contribution in [0.25, 0.3) is 11.3 Å². The fourth-order valence-corrected chi connectivity index (χ4v) is 4.68. The van der Waals surface area contributed by atoms with Crippen LogP contribution >= 0.6 is 0 Å². The molecular formula is C33H35N3O. The number of nitrogens with one attached hydrogen (secondary N) is 1. The maximum atomic E-state index is 6.23. The van der Waals surface area contributed by atoms with Crippen LogP contribution in [0.1, 0.15) is 62.3 Å². The van der Waals surface area contributed by atoms with Crippen molar-refractivity contribution in [3.63, 3.8) is 0 Å². The molecule has 1 atom stereocenters. The van der Waals surface area contributed by atoms with Crippen LogP contribution in [-0.2, 0) is 12.8 Å². The van der Waals surface area contributed by atoms with Crippen molar-refractivity contribution in [1.82, 2.24) is 9.97 Å². The third-order valence-corrected chi connectivity index (χ3v) is 7.00. The third kappa shape index (κ3) is 6.26. The number of allylic oxidation sites excluding steroid dienone is 2. The van der Waals surface area contributed by atoms with Crippen molar-refractivity contribution in [2.24, 2.45) is 0 Å². The standard InChI is InChI=1S/C33H35N3O/c1-3-8-25-13-15-26(16-14-25)23-31(28-11-7-12-28)36-30-19-17-29(18-20-30)32-33(35-22-21-34-32)37-24(2)27-9-5-4-6-10-27/h4-6,9-10,13-22,24,36H,3,7-8,11-12,23H2,1-2H3. The van der Waals surface area contributed by atoms with Crippen LogP contribution in [0.4, 0.5) is 5.69 Å². The first-order chi connectivity index (χ1) is 18.2. The summed E-state index contributed by atoms with van der Waals surface area (Å²) in [7, 11) is 0. The molecule has 5 rings (SSSR count). The Balaban J connectivity index is 1.30. The van der Waals surface area contributed by atoms with Gasteiger partial charge in [0.15, 0.2) is 0 Å². The second-order valence-corrected chi connectivity index (χ2v) is 9.76. The summed E-state index contributed by atoms with van der Waals surface area (Å²) in [5.74, 6) is 0.545. The Hall–Kier alpha value is -3.92. The Morgan fingerprint density at radius 2 is 1.57 bits per heavy atom. The van der Waals surface area contributed by atoms with Gasteiger partial charge in [-0.2, -0.15) is 0 Å². The van der Waals surface area contributed by atoms with E-state index in [9.17, 15) is 0 Å². The Morgan fingerprint density at radius 1 is 0.865 bits per heavy atom. The molecule has 1 heterocycles. The van der Waals surface area contributed by atoms with Crippen molar-refractivity contribution in [1.29, 1.82) is 0 Å². The fourth-order valence-electron chi connectivity index (χ4n) is 4.68. The minimum absolute atomic E-state index is 0.120. The Morgan fingerprint density at radius 3 is 2.24 bits per heavy atom. The molecule has 1 unspecified atom stereocenters. The van der Waals surface area contributed by atoms with E-state index >= 15 is 0 Å². The number of hydrogen-bond acceptors (Lipinski definition) is 4. The van der Waals surface area contributed by atoms with Gasteiger partial charge in [0.1, 0.15) is 11.8 Å². The van der Waals surface area contributed by atoms with E-state index in [4.69, 9.17) is 4.74 Å². The molecule has 1 saturated carbocycles. The average Bonchev–Trinajstić information content (AvgIpc) is 2.90. The Labute approximate surface area is 220 Å². The molecule has 188 valence electrons. The van der Waals surface area contributed by atoms with Gasteiger partial charge in [-0.25, -0.2) is 9.97 Å². The monoisotopic (exact) mass is 489 g/mol. The molecule has 1 aromatic heterocycles. The molecule has 4 aromatic rings. The second-order valence-electron chi connectivity index (χ2n) is 9.76. The first kappa shape index (κ1) is 24.8. The van der Waals surface area contributed by atoms with Gasteiger partial charge in [0, 0.05) is 35.8 Å². The molecule has 0 radical (unpaired) electrons. The summed E-state index contributed by atoms with van der Waals surface area (Å²) in [5.41, 5.74) is 9.58. The molecule has 4 heteroatoms. The molecule has 0 spiro atoms. The van der Waals surface area contributed by atoms with Crippen molar-refractivity contribution >= 4 is 5.69 Å². The van der Waals surface area contributed by atoms with E-state index < -0.39 is 0 Å². The second kappa shape index (κ2) is 11.9. The summed E-state index contributed by atoms with van der Waals surface area (Å²) in [4.78, 5) is 9.09. The largest absolute Gasteiger partial charge is 0.468 e. The summed E-state index contributed by atoms with van der Waals surface area (Å²) in [6.07, 6.45) is 10.2. The summed E-state index contributed by atoms with van der Waals surface area (Å²) >= 11 is 0. The van der Waals surface area contributed by atoms with Gasteiger partial charge in [-0.15, -0.1) is 0 Å². The molecule has 4 nitrogen and oxygen atoms in total. The van der Waals surface area contributed by atoms with Crippen LogP contribution in [0.3, 0.4) is 0 Å². The van der Waals surface area contributed by atoms with E-state index in [-0.39, 0.29) is 6.10 Å². The topological polar surface area (TPSA) is 47.0 Å². The van der Waals surface area contributed by atoms with Crippen LogP contribution in [0.2, 0.25) is 0 Å². The molecule has 3 aromatic carbocycles. The van der Waals surface area contributed by atoms with Crippen molar-refractivity contribution in [2.75, 3.05) is 5.32 Å². The number of nitrogens with zero attached hydrogens (tertiary/aromatic N) is 2. The normalized spacial score (nSPS) is 13.5. The Kier molecular flexibility index (Phi) is 7.95. The number of ether oxygens (including phenoxy) is 1. The molecule has 37 heavy (non-hydrogen) atoms. The molecule has 1 aliphatic carbocycles. The highest BCUT2D eigenvalue weighted by molar-refractivity contribution is 5.67. The predicted octanol–water partition coefficient (Wildman–Crippen LogP) is 8.33. The van der Waals surface area contributed by atoms with Gasteiger partial charge in [0.2, 0.25) is 5.88 Å².